The SMILES string of the molecule is CC(OCC(F)(F)F)(C(=O)O)c1ccccc1OCCNCc1nc2ccccc2o1. The van der Waals surface area contributed by atoms with E-state index in [2.05, 4.69) is 10.3 Å². The van der Waals surface area contributed by atoms with Crippen molar-refractivity contribution < 1.29 is 37.0 Å². The Morgan fingerprint density at radius 3 is 2.58 bits per heavy atom. The fourth-order valence-electron chi connectivity index (χ4n) is 2.89. The van der Waals surface area contributed by atoms with Crippen LogP contribution in [-0.4, -0.2) is 42.0 Å². The van der Waals surface area contributed by atoms with Crippen molar-refractivity contribution in [2.45, 2.75) is 25.2 Å². The van der Waals surface area contributed by atoms with Crippen LogP contribution in [-0.2, 0) is 21.7 Å². The van der Waals surface area contributed by atoms with Gasteiger partial charge in [-0.2, -0.15) is 13.2 Å². The van der Waals surface area contributed by atoms with Crippen LogP contribution in [0.2, 0.25) is 0 Å². The topological polar surface area (TPSA) is 93.8 Å². The van der Waals surface area contributed by atoms with E-state index in [1.807, 2.05) is 24.3 Å². The molecule has 2 aromatic carbocycles. The number of para-hydroxylation sites is 3. The van der Waals surface area contributed by atoms with Crippen LogP contribution in [0.15, 0.2) is 52.9 Å². The van der Waals surface area contributed by atoms with E-state index >= 15 is 0 Å². The minimum atomic E-state index is -4.67. The van der Waals surface area contributed by atoms with Gasteiger partial charge in [0.1, 0.15) is 24.5 Å². The number of halogens is 3. The molecule has 0 fully saturated rings. The van der Waals surface area contributed by atoms with Gasteiger partial charge < -0.3 is 24.3 Å². The van der Waals surface area contributed by atoms with Crippen LogP contribution in [0.5, 0.6) is 5.75 Å². The lowest BCUT2D eigenvalue weighted by Crippen LogP contribution is -2.39. The molecule has 0 aliphatic rings. The molecule has 10 heteroatoms. The largest absolute Gasteiger partial charge is 0.492 e. The van der Waals surface area contributed by atoms with E-state index in [-0.39, 0.29) is 17.9 Å². The van der Waals surface area contributed by atoms with Crippen LogP contribution in [0.1, 0.15) is 18.4 Å². The molecule has 1 aromatic heterocycles. The summed E-state index contributed by atoms with van der Waals surface area (Å²) in [7, 11) is 0. The highest BCUT2D eigenvalue weighted by molar-refractivity contribution is 5.80. The molecule has 0 aliphatic heterocycles. The van der Waals surface area contributed by atoms with Gasteiger partial charge in [0, 0.05) is 12.1 Å². The fraction of sp³-hybridized carbons (Fsp3) is 0.333. The van der Waals surface area contributed by atoms with E-state index in [9.17, 15) is 23.1 Å². The maximum atomic E-state index is 12.6. The van der Waals surface area contributed by atoms with Gasteiger partial charge >= 0.3 is 12.1 Å². The van der Waals surface area contributed by atoms with Gasteiger partial charge in [0.25, 0.3) is 0 Å². The Kier molecular flexibility index (Phi) is 6.81. The van der Waals surface area contributed by atoms with E-state index < -0.39 is 24.4 Å². The van der Waals surface area contributed by atoms with Gasteiger partial charge in [0.2, 0.25) is 5.89 Å². The van der Waals surface area contributed by atoms with Crippen molar-refractivity contribution in [1.82, 2.24) is 10.3 Å². The van der Waals surface area contributed by atoms with Gasteiger partial charge in [-0.15, -0.1) is 0 Å². The Morgan fingerprint density at radius 2 is 1.87 bits per heavy atom. The number of oxazole rings is 1. The standard InChI is InChI=1S/C21H21F3N2O5/c1-20(19(27)28,30-13-21(22,23)24)14-6-2-4-8-16(14)29-11-10-25-12-18-26-15-7-3-5-9-17(15)31-18/h2-9,25H,10-13H2,1H3,(H,27,28). The minimum absolute atomic E-state index is 0.00861. The summed E-state index contributed by atoms with van der Waals surface area (Å²) < 4.78 is 53.7. The molecule has 166 valence electrons. The maximum absolute atomic E-state index is 12.6. The molecule has 0 saturated carbocycles. The lowest BCUT2D eigenvalue weighted by atomic mass is 9.95. The van der Waals surface area contributed by atoms with Crippen LogP contribution in [0, 0.1) is 0 Å². The van der Waals surface area contributed by atoms with Gasteiger partial charge in [0.05, 0.1) is 6.54 Å². The lowest BCUT2D eigenvalue weighted by Gasteiger charge is -2.28. The average Bonchev–Trinajstić information content (AvgIpc) is 3.14. The quantitative estimate of drug-likeness (QED) is 0.464. The number of alkyl halides is 3. The zero-order valence-corrected chi connectivity index (χ0v) is 16.6. The Balaban J connectivity index is 1.59. The van der Waals surface area contributed by atoms with Gasteiger partial charge in [0.15, 0.2) is 11.2 Å². The number of hydrogen-bond acceptors (Lipinski definition) is 6. The number of nitrogens with zero attached hydrogens (tertiary/aromatic N) is 1. The monoisotopic (exact) mass is 438 g/mol. The number of rotatable bonds is 10. The Hall–Kier alpha value is -3.11. The molecule has 3 aromatic rings. The van der Waals surface area contributed by atoms with E-state index in [0.29, 0.717) is 24.6 Å². The molecule has 0 spiro atoms. The van der Waals surface area contributed by atoms with Gasteiger partial charge in [-0.05, 0) is 25.1 Å². The number of aromatic nitrogens is 1. The number of aliphatic carboxylic acids is 1. The Bertz CT molecular complexity index is 1000. The van der Waals surface area contributed by atoms with Crippen molar-refractivity contribution in [3.05, 3.63) is 60.0 Å². The first-order chi connectivity index (χ1) is 14.7. The first-order valence-electron chi connectivity index (χ1n) is 9.40. The van der Waals surface area contributed by atoms with Crippen molar-refractivity contribution in [3.8, 4) is 5.75 Å². The summed E-state index contributed by atoms with van der Waals surface area (Å²) in [5.74, 6) is -0.930. The molecule has 1 unspecified atom stereocenters. The second kappa shape index (κ2) is 9.36. The predicted molar refractivity (Wildman–Crippen MR) is 105 cm³/mol. The highest BCUT2D eigenvalue weighted by Gasteiger charge is 2.42. The van der Waals surface area contributed by atoms with Gasteiger partial charge in [-0.25, -0.2) is 9.78 Å². The van der Waals surface area contributed by atoms with Gasteiger partial charge in [-0.3, -0.25) is 0 Å². The zero-order chi connectivity index (χ0) is 22.5. The number of benzene rings is 2. The second-order valence-corrected chi connectivity index (χ2v) is 6.84. The first-order valence-corrected chi connectivity index (χ1v) is 9.40. The van der Waals surface area contributed by atoms with E-state index in [1.165, 1.54) is 18.2 Å². The van der Waals surface area contributed by atoms with Crippen LogP contribution < -0.4 is 10.1 Å². The molecule has 1 atom stereocenters. The summed E-state index contributed by atoms with van der Waals surface area (Å²) in [6, 6.07) is 13.3. The number of ether oxygens (including phenoxy) is 2. The number of hydrogen-bond donors (Lipinski definition) is 2. The van der Waals surface area contributed by atoms with E-state index in [0.717, 1.165) is 12.4 Å². The third-order valence-electron chi connectivity index (χ3n) is 4.48. The normalized spacial score (nSPS) is 13.8. The number of carbonyl (C=O) groups is 1. The smallest absolute Gasteiger partial charge is 0.411 e. The maximum Gasteiger partial charge on any atom is 0.411 e. The highest BCUT2D eigenvalue weighted by atomic mass is 19.4. The van der Waals surface area contributed by atoms with Crippen molar-refractivity contribution >= 4 is 17.1 Å². The van der Waals surface area contributed by atoms with E-state index in [4.69, 9.17) is 13.9 Å². The molecule has 0 aliphatic carbocycles. The average molecular weight is 438 g/mol. The lowest BCUT2D eigenvalue weighted by molar-refractivity contribution is -0.212. The molecule has 2 N–H and O–H groups in total. The van der Waals surface area contributed by atoms with Crippen LogP contribution >= 0.6 is 0 Å². The minimum Gasteiger partial charge on any atom is -0.492 e. The van der Waals surface area contributed by atoms with Crippen molar-refractivity contribution in [1.29, 1.82) is 0 Å². The fourth-order valence-corrected chi connectivity index (χ4v) is 2.89. The highest BCUT2D eigenvalue weighted by Crippen LogP contribution is 2.35. The molecule has 0 bridgehead atoms. The van der Waals surface area contributed by atoms with E-state index in [1.54, 1.807) is 6.07 Å². The molecular formula is C21H21F3N2O5. The van der Waals surface area contributed by atoms with Crippen molar-refractivity contribution in [2.75, 3.05) is 19.8 Å². The van der Waals surface area contributed by atoms with Crippen LogP contribution in [0.25, 0.3) is 11.1 Å². The first kappa shape index (κ1) is 22.6. The van der Waals surface area contributed by atoms with Crippen LogP contribution in [0.3, 0.4) is 0 Å². The number of carboxylic acid groups (broad SMARTS) is 1. The zero-order valence-electron chi connectivity index (χ0n) is 16.6. The Morgan fingerprint density at radius 1 is 1.16 bits per heavy atom. The Labute approximate surface area is 175 Å². The molecule has 31 heavy (non-hydrogen) atoms. The molecule has 0 radical (unpaired) electrons. The molecule has 0 amide bonds. The molecular weight excluding hydrogens is 417 g/mol. The molecule has 0 saturated heterocycles. The second-order valence-electron chi connectivity index (χ2n) is 6.84. The summed E-state index contributed by atoms with van der Waals surface area (Å²) in [5, 5.41) is 12.6. The third-order valence-corrected chi connectivity index (χ3v) is 4.48. The summed E-state index contributed by atoms with van der Waals surface area (Å²) in [6.07, 6.45) is -4.67. The van der Waals surface area contributed by atoms with Crippen molar-refractivity contribution in [3.63, 3.8) is 0 Å². The molecule has 1 heterocycles. The predicted octanol–water partition coefficient (Wildman–Crippen LogP) is 3.88. The summed E-state index contributed by atoms with van der Waals surface area (Å²) >= 11 is 0. The molecule has 3 rings (SSSR count). The van der Waals surface area contributed by atoms with Crippen LogP contribution in [0.4, 0.5) is 13.2 Å². The number of fused-ring (bicyclic) bond motifs is 1. The third kappa shape index (κ3) is 5.74. The molecule has 7 nitrogen and oxygen atoms in total. The van der Waals surface area contributed by atoms with Crippen molar-refractivity contribution in [2.24, 2.45) is 0 Å². The summed E-state index contributed by atoms with van der Waals surface area (Å²) in [4.78, 5) is 16.1. The van der Waals surface area contributed by atoms with Gasteiger partial charge in [-0.1, -0.05) is 30.3 Å². The number of nitrogens with one attached hydrogen (secondary N) is 1. The number of carboxylic acids is 1. The summed E-state index contributed by atoms with van der Waals surface area (Å²) in [5.41, 5.74) is -0.809. The summed E-state index contributed by atoms with van der Waals surface area (Å²) in [6.45, 7) is 0.207.